The topological polar surface area (TPSA) is 70.6 Å². The zero-order valence-electron chi connectivity index (χ0n) is 15.4. The summed E-state index contributed by atoms with van der Waals surface area (Å²) in [6.45, 7) is 3.99. The van der Waals surface area contributed by atoms with Crippen LogP contribution in [0.5, 0.6) is 5.75 Å². The Kier molecular flexibility index (Phi) is 4.52. The van der Waals surface area contributed by atoms with Crippen LogP contribution in [-0.2, 0) is 12.8 Å². The Morgan fingerprint density at radius 1 is 1.26 bits per heavy atom. The molecule has 0 bridgehead atoms. The molecule has 2 amide bonds. The van der Waals surface area contributed by atoms with Crippen molar-refractivity contribution < 1.29 is 14.6 Å². The van der Waals surface area contributed by atoms with Crippen molar-refractivity contribution in [1.29, 1.82) is 0 Å². The second-order valence-corrected chi connectivity index (χ2v) is 8.34. The molecule has 1 heterocycles. The number of benzene rings is 2. The average Bonchev–Trinajstić information content (AvgIpc) is 2.94. The van der Waals surface area contributed by atoms with Crippen LogP contribution >= 0.6 is 11.6 Å². The summed E-state index contributed by atoms with van der Waals surface area (Å²) in [7, 11) is 0. The summed E-state index contributed by atoms with van der Waals surface area (Å²) in [6, 6.07) is 10.8. The minimum Gasteiger partial charge on any atom is -0.487 e. The smallest absolute Gasteiger partial charge is 0.319 e. The predicted molar refractivity (Wildman–Crippen MR) is 106 cm³/mol. The van der Waals surface area contributed by atoms with Gasteiger partial charge >= 0.3 is 6.03 Å². The lowest BCUT2D eigenvalue weighted by Crippen LogP contribution is -2.42. The number of nitrogens with one attached hydrogen (secondary N) is 2. The third kappa shape index (κ3) is 3.75. The maximum absolute atomic E-state index is 12.7. The van der Waals surface area contributed by atoms with Gasteiger partial charge in [-0.05, 0) is 49.6 Å². The first-order valence-corrected chi connectivity index (χ1v) is 9.53. The van der Waals surface area contributed by atoms with Crippen molar-refractivity contribution >= 4 is 23.3 Å². The van der Waals surface area contributed by atoms with Crippen molar-refractivity contribution in [3.63, 3.8) is 0 Å². The molecule has 2 aliphatic rings. The molecule has 3 N–H and O–H groups in total. The number of aliphatic hydroxyl groups is 1. The highest BCUT2D eigenvalue weighted by Gasteiger charge is 2.35. The van der Waals surface area contributed by atoms with E-state index in [0.29, 0.717) is 30.0 Å². The van der Waals surface area contributed by atoms with Crippen LogP contribution < -0.4 is 15.4 Å². The Hall–Kier alpha value is -2.24. The summed E-state index contributed by atoms with van der Waals surface area (Å²) < 4.78 is 6.02. The van der Waals surface area contributed by atoms with Gasteiger partial charge in [0, 0.05) is 29.1 Å². The number of aliphatic hydroxyl groups excluding tert-OH is 1. The molecule has 6 heteroatoms. The fourth-order valence-electron chi connectivity index (χ4n) is 4.02. The molecule has 0 saturated carbocycles. The molecule has 27 heavy (non-hydrogen) atoms. The average molecular weight is 387 g/mol. The van der Waals surface area contributed by atoms with E-state index in [0.717, 1.165) is 22.4 Å². The third-order valence-electron chi connectivity index (χ3n) is 5.15. The van der Waals surface area contributed by atoms with E-state index in [-0.39, 0.29) is 18.2 Å². The van der Waals surface area contributed by atoms with Crippen molar-refractivity contribution in [2.45, 2.75) is 50.9 Å². The van der Waals surface area contributed by atoms with Crippen LogP contribution in [0, 0.1) is 0 Å². The number of fused-ring (bicyclic) bond motifs is 2. The second-order valence-electron chi connectivity index (χ2n) is 7.90. The molecule has 2 aromatic carbocycles. The van der Waals surface area contributed by atoms with Gasteiger partial charge in [-0.15, -0.1) is 0 Å². The van der Waals surface area contributed by atoms with Crippen molar-refractivity contribution in [2.75, 3.05) is 5.32 Å². The Bertz CT molecular complexity index is 897. The second kappa shape index (κ2) is 6.73. The maximum atomic E-state index is 12.7. The largest absolute Gasteiger partial charge is 0.487 e. The number of halogens is 1. The summed E-state index contributed by atoms with van der Waals surface area (Å²) in [5, 5.41) is 16.5. The molecule has 0 unspecified atom stereocenters. The number of urea groups is 1. The number of carbonyl (C=O) groups is 1. The van der Waals surface area contributed by atoms with E-state index < -0.39 is 5.60 Å². The van der Waals surface area contributed by atoms with Crippen LogP contribution in [0.1, 0.15) is 43.0 Å². The lowest BCUT2D eigenvalue weighted by atomic mass is 9.90. The normalized spacial score (nSPS) is 22.4. The van der Waals surface area contributed by atoms with Crippen LogP contribution in [-0.4, -0.2) is 22.8 Å². The first-order chi connectivity index (χ1) is 12.8. The van der Waals surface area contributed by atoms with E-state index in [9.17, 15) is 9.90 Å². The SMILES string of the molecule is CC1(C)C[C@@H](NC(=O)Nc2cccc3c2C[C@H](O)C3)c2ccc(Cl)cc2O1. The van der Waals surface area contributed by atoms with Gasteiger partial charge < -0.3 is 20.5 Å². The molecular weight excluding hydrogens is 364 g/mol. The molecule has 142 valence electrons. The van der Waals surface area contributed by atoms with Crippen LogP contribution in [0.2, 0.25) is 5.02 Å². The molecule has 5 nitrogen and oxygen atoms in total. The Labute approximate surface area is 163 Å². The quantitative estimate of drug-likeness (QED) is 0.723. The Morgan fingerprint density at radius 2 is 2.07 bits per heavy atom. The predicted octanol–water partition coefficient (Wildman–Crippen LogP) is 4.22. The van der Waals surface area contributed by atoms with Gasteiger partial charge in [-0.3, -0.25) is 0 Å². The molecule has 2 aromatic rings. The number of amides is 2. The van der Waals surface area contributed by atoms with Crippen molar-refractivity contribution in [1.82, 2.24) is 5.32 Å². The van der Waals surface area contributed by atoms with E-state index in [1.165, 1.54) is 0 Å². The number of rotatable bonds is 2. The van der Waals surface area contributed by atoms with Crippen molar-refractivity contribution in [3.05, 3.63) is 58.1 Å². The highest BCUT2D eigenvalue weighted by molar-refractivity contribution is 6.30. The molecule has 2 atom stereocenters. The van der Waals surface area contributed by atoms with Gasteiger partial charge in [0.1, 0.15) is 11.4 Å². The highest BCUT2D eigenvalue weighted by atomic mass is 35.5. The summed E-state index contributed by atoms with van der Waals surface area (Å²) in [5.41, 5.74) is 3.37. The monoisotopic (exact) mass is 386 g/mol. The van der Waals surface area contributed by atoms with Gasteiger partial charge in [0.25, 0.3) is 0 Å². The summed E-state index contributed by atoms with van der Waals surface area (Å²) in [5.74, 6) is 0.702. The molecule has 4 rings (SSSR count). The lowest BCUT2D eigenvalue weighted by molar-refractivity contribution is 0.0683. The number of hydrogen-bond donors (Lipinski definition) is 3. The summed E-state index contributed by atoms with van der Waals surface area (Å²) in [4.78, 5) is 12.7. The number of carbonyl (C=O) groups excluding carboxylic acids is 1. The molecule has 0 saturated heterocycles. The lowest BCUT2D eigenvalue weighted by Gasteiger charge is -2.38. The van der Waals surface area contributed by atoms with Gasteiger partial charge in [0.2, 0.25) is 0 Å². The van der Waals surface area contributed by atoms with E-state index in [4.69, 9.17) is 16.3 Å². The minimum atomic E-state index is -0.409. The van der Waals surface area contributed by atoms with E-state index in [2.05, 4.69) is 10.6 Å². The maximum Gasteiger partial charge on any atom is 0.319 e. The fraction of sp³-hybridized carbons (Fsp3) is 0.381. The molecule has 1 aliphatic heterocycles. The van der Waals surface area contributed by atoms with E-state index in [1.807, 2.05) is 38.1 Å². The Balaban J connectivity index is 1.53. The first-order valence-electron chi connectivity index (χ1n) is 9.15. The minimum absolute atomic E-state index is 0.177. The van der Waals surface area contributed by atoms with Crippen LogP contribution in [0.4, 0.5) is 10.5 Å². The van der Waals surface area contributed by atoms with Gasteiger partial charge in [0.05, 0.1) is 12.1 Å². The summed E-state index contributed by atoms with van der Waals surface area (Å²) in [6.07, 6.45) is 1.48. The number of hydrogen-bond acceptors (Lipinski definition) is 3. The molecule has 0 fully saturated rings. The van der Waals surface area contributed by atoms with E-state index in [1.54, 1.807) is 12.1 Å². The van der Waals surface area contributed by atoms with Gasteiger partial charge in [-0.1, -0.05) is 29.8 Å². The number of ether oxygens (including phenoxy) is 1. The highest BCUT2D eigenvalue weighted by Crippen LogP contribution is 2.40. The molecule has 0 aromatic heterocycles. The molecule has 0 spiro atoms. The molecule has 0 radical (unpaired) electrons. The molecular formula is C21H23ClN2O3. The first kappa shape index (κ1) is 18.1. The zero-order valence-corrected chi connectivity index (χ0v) is 16.1. The van der Waals surface area contributed by atoms with Crippen molar-refractivity contribution in [2.24, 2.45) is 0 Å². The third-order valence-corrected chi connectivity index (χ3v) is 5.39. The number of anilines is 1. The van der Waals surface area contributed by atoms with Crippen molar-refractivity contribution in [3.8, 4) is 5.75 Å². The fourth-order valence-corrected chi connectivity index (χ4v) is 4.18. The zero-order chi connectivity index (χ0) is 19.2. The summed E-state index contributed by atoms with van der Waals surface area (Å²) >= 11 is 6.10. The van der Waals surface area contributed by atoms with E-state index >= 15 is 0 Å². The van der Waals surface area contributed by atoms with Crippen LogP contribution in [0.15, 0.2) is 36.4 Å². The van der Waals surface area contributed by atoms with Crippen LogP contribution in [0.3, 0.4) is 0 Å². The van der Waals surface area contributed by atoms with Gasteiger partial charge in [-0.25, -0.2) is 4.79 Å². The van der Waals surface area contributed by atoms with Gasteiger partial charge in [0.15, 0.2) is 0 Å². The Morgan fingerprint density at radius 3 is 2.89 bits per heavy atom. The standard InChI is InChI=1S/C21H23ClN2O3/c1-21(2)11-18(15-7-6-13(22)9-19(15)27-21)24-20(26)23-17-5-3-4-12-8-14(25)10-16(12)17/h3-7,9,14,18,25H,8,10-11H2,1-2H3,(H2,23,24,26)/t14-,18-/m1/s1. The van der Waals surface area contributed by atoms with Gasteiger partial charge in [-0.2, -0.15) is 0 Å². The molecule has 1 aliphatic carbocycles. The van der Waals surface area contributed by atoms with Crippen LogP contribution in [0.25, 0.3) is 0 Å².